The third-order valence-corrected chi connectivity index (χ3v) is 3.36. The zero-order chi connectivity index (χ0) is 13.5. The van der Waals surface area contributed by atoms with Gasteiger partial charge in [0.15, 0.2) is 0 Å². The number of hydrogen-bond acceptors (Lipinski definition) is 3. The van der Waals surface area contributed by atoms with Gasteiger partial charge in [0.1, 0.15) is 5.69 Å². The SMILES string of the molecule is CCCCCCCCn1cc(-c2cncn2C)nn1. The number of nitrogens with zero attached hydrogens (tertiary/aromatic N) is 5. The first-order valence-corrected chi connectivity index (χ1v) is 7.18. The van der Waals surface area contributed by atoms with Crippen LogP contribution in [0, 0.1) is 0 Å². The highest BCUT2D eigenvalue weighted by Gasteiger charge is 2.06. The Labute approximate surface area is 114 Å². The van der Waals surface area contributed by atoms with E-state index in [1.165, 1.54) is 38.5 Å². The van der Waals surface area contributed by atoms with Crippen LogP contribution in [0.3, 0.4) is 0 Å². The Bertz CT molecular complexity index is 485. The summed E-state index contributed by atoms with van der Waals surface area (Å²) in [7, 11) is 1.97. The Kier molecular flexibility index (Phi) is 5.12. The lowest BCUT2D eigenvalue weighted by Crippen LogP contribution is -1.98. The Morgan fingerprint density at radius 1 is 1.11 bits per heavy atom. The predicted molar refractivity (Wildman–Crippen MR) is 75.6 cm³/mol. The van der Waals surface area contributed by atoms with Gasteiger partial charge in [-0.1, -0.05) is 44.2 Å². The molecule has 0 saturated heterocycles. The number of imidazole rings is 1. The van der Waals surface area contributed by atoms with Crippen LogP contribution in [0.4, 0.5) is 0 Å². The average molecular weight is 261 g/mol. The van der Waals surface area contributed by atoms with Crippen molar-refractivity contribution < 1.29 is 0 Å². The smallest absolute Gasteiger partial charge is 0.131 e. The third-order valence-electron chi connectivity index (χ3n) is 3.36. The summed E-state index contributed by atoms with van der Waals surface area (Å²) in [6.45, 7) is 3.20. The quantitative estimate of drug-likeness (QED) is 0.686. The predicted octanol–water partition coefficient (Wildman–Crippen LogP) is 3.04. The first-order chi connectivity index (χ1) is 9.31. The Morgan fingerprint density at radius 3 is 2.63 bits per heavy atom. The highest BCUT2D eigenvalue weighted by molar-refractivity contribution is 5.51. The summed E-state index contributed by atoms with van der Waals surface area (Å²) in [6.07, 6.45) is 13.4. The monoisotopic (exact) mass is 261 g/mol. The van der Waals surface area contributed by atoms with Crippen LogP contribution >= 0.6 is 0 Å². The minimum absolute atomic E-state index is 0.894. The summed E-state index contributed by atoms with van der Waals surface area (Å²) in [6, 6.07) is 0. The van der Waals surface area contributed by atoms with E-state index in [9.17, 15) is 0 Å². The lowest BCUT2D eigenvalue weighted by atomic mass is 10.1. The number of rotatable bonds is 8. The molecule has 0 aliphatic rings. The average Bonchev–Trinajstić information content (AvgIpc) is 3.02. The maximum atomic E-state index is 4.20. The molecule has 104 valence electrons. The fourth-order valence-corrected chi connectivity index (χ4v) is 2.18. The zero-order valence-electron chi connectivity index (χ0n) is 11.9. The molecule has 0 aliphatic heterocycles. The van der Waals surface area contributed by atoms with E-state index < -0.39 is 0 Å². The normalized spacial score (nSPS) is 11.1. The molecule has 0 aliphatic carbocycles. The molecular formula is C14H23N5. The topological polar surface area (TPSA) is 48.5 Å². The van der Waals surface area contributed by atoms with Crippen LogP contribution in [0.5, 0.6) is 0 Å². The van der Waals surface area contributed by atoms with Crippen LogP contribution in [-0.2, 0) is 13.6 Å². The molecule has 5 heteroatoms. The molecule has 0 bridgehead atoms. The van der Waals surface area contributed by atoms with Gasteiger partial charge in [-0.25, -0.2) is 4.98 Å². The fraction of sp³-hybridized carbons (Fsp3) is 0.643. The third kappa shape index (κ3) is 3.91. The van der Waals surface area contributed by atoms with Gasteiger partial charge in [0.2, 0.25) is 0 Å². The van der Waals surface area contributed by atoms with E-state index in [1.807, 2.05) is 28.7 Å². The molecule has 2 rings (SSSR count). The number of unbranched alkanes of at least 4 members (excludes halogenated alkanes) is 5. The molecule has 5 nitrogen and oxygen atoms in total. The summed E-state index contributed by atoms with van der Waals surface area (Å²) < 4.78 is 3.89. The second kappa shape index (κ2) is 7.07. The minimum atomic E-state index is 0.894. The van der Waals surface area contributed by atoms with Gasteiger partial charge in [-0.2, -0.15) is 0 Å². The molecule has 0 atom stereocenters. The van der Waals surface area contributed by atoms with Gasteiger partial charge in [-0.05, 0) is 6.42 Å². The molecule has 0 N–H and O–H groups in total. The Morgan fingerprint density at radius 2 is 1.89 bits per heavy atom. The lowest BCUT2D eigenvalue weighted by Gasteiger charge is -2.00. The van der Waals surface area contributed by atoms with Gasteiger partial charge in [-0.15, -0.1) is 5.10 Å². The lowest BCUT2D eigenvalue weighted by molar-refractivity contribution is 0.516. The van der Waals surface area contributed by atoms with Gasteiger partial charge >= 0.3 is 0 Å². The molecule has 2 heterocycles. The zero-order valence-corrected chi connectivity index (χ0v) is 11.9. The summed E-state index contributed by atoms with van der Waals surface area (Å²) in [4.78, 5) is 4.10. The van der Waals surface area contributed by atoms with Crippen LogP contribution in [0.15, 0.2) is 18.7 Å². The fourth-order valence-electron chi connectivity index (χ4n) is 2.18. The van der Waals surface area contributed by atoms with E-state index in [0.717, 1.165) is 17.9 Å². The van der Waals surface area contributed by atoms with Crippen molar-refractivity contribution >= 4 is 0 Å². The molecule has 0 radical (unpaired) electrons. The maximum Gasteiger partial charge on any atom is 0.131 e. The molecule has 0 unspecified atom stereocenters. The summed E-state index contributed by atoms with van der Waals surface area (Å²) >= 11 is 0. The number of aromatic nitrogens is 5. The molecule has 2 aromatic heterocycles. The molecule has 19 heavy (non-hydrogen) atoms. The van der Waals surface area contributed by atoms with Crippen molar-refractivity contribution in [3.05, 3.63) is 18.7 Å². The second-order valence-electron chi connectivity index (χ2n) is 5.02. The van der Waals surface area contributed by atoms with E-state index >= 15 is 0 Å². The number of aryl methyl sites for hydroxylation is 2. The van der Waals surface area contributed by atoms with Crippen molar-refractivity contribution in [3.8, 4) is 11.4 Å². The van der Waals surface area contributed by atoms with Crippen molar-refractivity contribution in [2.75, 3.05) is 0 Å². The molecule has 0 spiro atoms. The van der Waals surface area contributed by atoms with Gasteiger partial charge in [0.25, 0.3) is 0 Å². The van der Waals surface area contributed by atoms with Crippen molar-refractivity contribution in [1.82, 2.24) is 24.5 Å². The first kappa shape index (κ1) is 13.8. The highest BCUT2D eigenvalue weighted by atomic mass is 15.4. The van der Waals surface area contributed by atoms with Crippen LogP contribution in [-0.4, -0.2) is 24.5 Å². The largest absolute Gasteiger partial charge is 0.332 e. The van der Waals surface area contributed by atoms with E-state index in [1.54, 1.807) is 6.33 Å². The van der Waals surface area contributed by atoms with Crippen molar-refractivity contribution in [2.45, 2.75) is 52.0 Å². The summed E-state index contributed by atoms with van der Waals surface area (Å²) in [5, 5.41) is 8.37. The molecule has 0 fully saturated rings. The van der Waals surface area contributed by atoms with Crippen molar-refractivity contribution in [2.24, 2.45) is 7.05 Å². The number of hydrogen-bond donors (Lipinski definition) is 0. The molecule has 0 aromatic carbocycles. The standard InChI is InChI=1S/C14H23N5/c1-3-4-5-6-7-8-9-19-11-13(16-17-19)14-10-15-12-18(14)2/h10-12H,3-9H2,1-2H3. The van der Waals surface area contributed by atoms with E-state index in [0.29, 0.717) is 0 Å². The first-order valence-electron chi connectivity index (χ1n) is 7.18. The van der Waals surface area contributed by atoms with Crippen LogP contribution in [0.1, 0.15) is 45.4 Å². The van der Waals surface area contributed by atoms with Gasteiger partial charge in [-0.3, -0.25) is 4.68 Å². The highest BCUT2D eigenvalue weighted by Crippen LogP contribution is 2.14. The van der Waals surface area contributed by atoms with Crippen molar-refractivity contribution in [1.29, 1.82) is 0 Å². The van der Waals surface area contributed by atoms with Crippen molar-refractivity contribution in [3.63, 3.8) is 0 Å². The van der Waals surface area contributed by atoms with Crippen LogP contribution < -0.4 is 0 Å². The van der Waals surface area contributed by atoms with Crippen LogP contribution in [0.2, 0.25) is 0 Å². The van der Waals surface area contributed by atoms with Gasteiger partial charge < -0.3 is 4.57 Å². The van der Waals surface area contributed by atoms with Gasteiger partial charge in [0.05, 0.1) is 24.4 Å². The summed E-state index contributed by atoms with van der Waals surface area (Å²) in [5.41, 5.74) is 1.90. The van der Waals surface area contributed by atoms with E-state index in [-0.39, 0.29) is 0 Å². The molecule has 0 saturated carbocycles. The van der Waals surface area contributed by atoms with Gasteiger partial charge in [0, 0.05) is 13.6 Å². The molecular weight excluding hydrogens is 238 g/mol. The molecule has 2 aromatic rings. The van der Waals surface area contributed by atoms with Crippen LogP contribution in [0.25, 0.3) is 11.4 Å². The van der Waals surface area contributed by atoms with E-state index in [4.69, 9.17) is 0 Å². The molecule has 0 amide bonds. The maximum absolute atomic E-state index is 4.20. The summed E-state index contributed by atoms with van der Waals surface area (Å²) in [5.74, 6) is 0. The Hall–Kier alpha value is -1.65. The van der Waals surface area contributed by atoms with E-state index in [2.05, 4.69) is 22.2 Å². The second-order valence-corrected chi connectivity index (χ2v) is 5.02. The minimum Gasteiger partial charge on any atom is -0.332 e. The Balaban J connectivity index is 1.77.